The van der Waals surface area contributed by atoms with Gasteiger partial charge in [0.25, 0.3) is 0 Å². The van der Waals surface area contributed by atoms with E-state index in [0.29, 0.717) is 12.3 Å². The van der Waals surface area contributed by atoms with E-state index in [0.717, 1.165) is 5.52 Å². The van der Waals surface area contributed by atoms with Gasteiger partial charge in [0.1, 0.15) is 0 Å². The predicted molar refractivity (Wildman–Crippen MR) is 113 cm³/mol. The Morgan fingerprint density at radius 1 is 1.04 bits per heavy atom. The van der Waals surface area contributed by atoms with Crippen LogP contribution < -0.4 is 5.32 Å². The van der Waals surface area contributed by atoms with Crippen molar-refractivity contribution in [2.24, 2.45) is 5.92 Å². The van der Waals surface area contributed by atoms with Crippen molar-refractivity contribution in [3.05, 3.63) is 70.9 Å². The molecule has 2 aromatic carbocycles. The van der Waals surface area contributed by atoms with Crippen LogP contribution in [0.25, 0.3) is 10.9 Å². The molecule has 2 unspecified atom stereocenters. The topological polar surface area (TPSA) is 44.9 Å². The Bertz CT molecular complexity index is 938. The predicted octanol–water partition coefficient (Wildman–Crippen LogP) is 5.47. The molecular formula is C24H30N2O. The van der Waals surface area contributed by atoms with E-state index in [1.165, 1.54) is 27.6 Å². The van der Waals surface area contributed by atoms with E-state index >= 15 is 0 Å². The summed E-state index contributed by atoms with van der Waals surface area (Å²) < 4.78 is 0. The van der Waals surface area contributed by atoms with Crippen LogP contribution in [0, 0.1) is 19.8 Å². The van der Waals surface area contributed by atoms with Gasteiger partial charge in [-0.3, -0.25) is 4.79 Å². The lowest BCUT2D eigenvalue weighted by Crippen LogP contribution is -2.36. The first kappa shape index (κ1) is 19.2. The molecular weight excluding hydrogens is 332 g/mol. The number of carbonyl (C=O) groups excluding carboxylic acids is 1. The molecule has 1 aromatic heterocycles. The summed E-state index contributed by atoms with van der Waals surface area (Å²) >= 11 is 0. The SMILES string of the molecule is Cc1ccc(C(CC(=O)NC(C)C(C)C)c2c[nH]c3ccccc23)c(C)c1. The number of aryl methyl sites for hydroxylation is 2. The van der Waals surface area contributed by atoms with E-state index in [-0.39, 0.29) is 17.9 Å². The molecule has 0 aliphatic carbocycles. The molecule has 0 aliphatic heterocycles. The standard InChI is InChI=1S/C24H30N2O/c1-15(2)18(5)26-24(27)13-21(19-11-10-16(3)12-17(19)4)22-14-25-23-9-7-6-8-20(22)23/h6-12,14-15,18,21,25H,13H2,1-5H3,(H,26,27). The van der Waals surface area contributed by atoms with Gasteiger partial charge in [-0.2, -0.15) is 0 Å². The van der Waals surface area contributed by atoms with Gasteiger partial charge in [-0.05, 0) is 49.4 Å². The van der Waals surface area contributed by atoms with Crippen LogP contribution in [0.1, 0.15) is 55.4 Å². The molecule has 3 nitrogen and oxygen atoms in total. The summed E-state index contributed by atoms with van der Waals surface area (Å²) in [7, 11) is 0. The maximum atomic E-state index is 12.8. The van der Waals surface area contributed by atoms with E-state index < -0.39 is 0 Å². The van der Waals surface area contributed by atoms with Crippen LogP contribution in [0.5, 0.6) is 0 Å². The first-order valence-corrected chi connectivity index (χ1v) is 9.79. The highest BCUT2D eigenvalue weighted by atomic mass is 16.1. The van der Waals surface area contributed by atoms with E-state index in [1.54, 1.807) is 0 Å². The molecule has 142 valence electrons. The van der Waals surface area contributed by atoms with Gasteiger partial charge in [-0.15, -0.1) is 0 Å². The van der Waals surface area contributed by atoms with Gasteiger partial charge in [0.05, 0.1) is 0 Å². The Morgan fingerprint density at radius 3 is 2.48 bits per heavy atom. The van der Waals surface area contributed by atoms with Crippen molar-refractivity contribution < 1.29 is 4.79 Å². The lowest BCUT2D eigenvalue weighted by molar-refractivity contribution is -0.122. The number of nitrogens with one attached hydrogen (secondary N) is 2. The molecule has 0 fully saturated rings. The van der Waals surface area contributed by atoms with Crippen LogP contribution in [0.15, 0.2) is 48.7 Å². The van der Waals surface area contributed by atoms with Crippen molar-refractivity contribution in [2.45, 2.75) is 53.0 Å². The molecule has 0 aliphatic rings. The minimum Gasteiger partial charge on any atom is -0.361 e. The average molecular weight is 363 g/mol. The Hall–Kier alpha value is -2.55. The molecule has 0 radical (unpaired) electrons. The van der Waals surface area contributed by atoms with Gasteiger partial charge >= 0.3 is 0 Å². The monoisotopic (exact) mass is 362 g/mol. The number of aromatic amines is 1. The summed E-state index contributed by atoms with van der Waals surface area (Å²) in [6.07, 6.45) is 2.51. The number of rotatable bonds is 6. The number of para-hydroxylation sites is 1. The van der Waals surface area contributed by atoms with Crippen molar-refractivity contribution in [3.8, 4) is 0 Å². The van der Waals surface area contributed by atoms with Crippen LogP contribution in [0.4, 0.5) is 0 Å². The fourth-order valence-corrected chi connectivity index (χ4v) is 3.65. The highest BCUT2D eigenvalue weighted by Gasteiger charge is 2.23. The van der Waals surface area contributed by atoms with E-state index in [9.17, 15) is 4.79 Å². The molecule has 1 heterocycles. The number of carbonyl (C=O) groups is 1. The van der Waals surface area contributed by atoms with E-state index in [2.05, 4.69) is 87.5 Å². The van der Waals surface area contributed by atoms with Gasteiger partial charge in [-0.25, -0.2) is 0 Å². The third-order valence-electron chi connectivity index (χ3n) is 5.58. The summed E-state index contributed by atoms with van der Waals surface area (Å²) in [4.78, 5) is 16.2. The summed E-state index contributed by atoms with van der Waals surface area (Å²) in [6.45, 7) is 10.6. The van der Waals surface area contributed by atoms with Crippen LogP contribution in [0.2, 0.25) is 0 Å². The fraction of sp³-hybridized carbons (Fsp3) is 0.375. The summed E-state index contributed by atoms with van der Waals surface area (Å²) in [5, 5.41) is 4.36. The number of aromatic nitrogens is 1. The minimum absolute atomic E-state index is 0.0288. The van der Waals surface area contributed by atoms with Gasteiger partial charge in [0.15, 0.2) is 0 Å². The minimum atomic E-state index is 0.0288. The molecule has 27 heavy (non-hydrogen) atoms. The zero-order valence-electron chi connectivity index (χ0n) is 17.0. The maximum absolute atomic E-state index is 12.8. The van der Waals surface area contributed by atoms with Gasteiger partial charge in [-0.1, -0.05) is 55.8 Å². The highest BCUT2D eigenvalue weighted by molar-refractivity contribution is 5.86. The Kier molecular flexibility index (Phi) is 5.69. The molecule has 3 aromatic rings. The first-order chi connectivity index (χ1) is 12.9. The van der Waals surface area contributed by atoms with Crippen LogP contribution >= 0.6 is 0 Å². The van der Waals surface area contributed by atoms with Gasteiger partial charge in [0.2, 0.25) is 5.91 Å². The molecule has 3 heteroatoms. The Morgan fingerprint density at radius 2 is 1.78 bits per heavy atom. The van der Waals surface area contributed by atoms with Crippen molar-refractivity contribution in [3.63, 3.8) is 0 Å². The lowest BCUT2D eigenvalue weighted by Gasteiger charge is -2.22. The average Bonchev–Trinajstić information content (AvgIpc) is 3.04. The summed E-state index contributed by atoms with van der Waals surface area (Å²) in [5.41, 5.74) is 5.99. The van der Waals surface area contributed by atoms with Crippen molar-refractivity contribution in [1.82, 2.24) is 10.3 Å². The largest absolute Gasteiger partial charge is 0.361 e. The number of amides is 1. The number of hydrogen-bond acceptors (Lipinski definition) is 1. The normalized spacial score (nSPS) is 13.7. The number of hydrogen-bond donors (Lipinski definition) is 2. The molecule has 2 N–H and O–H groups in total. The molecule has 0 bridgehead atoms. The fourth-order valence-electron chi connectivity index (χ4n) is 3.65. The van der Waals surface area contributed by atoms with Gasteiger partial charge in [0, 0.05) is 35.5 Å². The smallest absolute Gasteiger partial charge is 0.221 e. The molecule has 3 rings (SSSR count). The Labute approximate surface area is 162 Å². The number of fused-ring (bicyclic) bond motifs is 1. The van der Waals surface area contributed by atoms with Crippen LogP contribution in [-0.2, 0) is 4.79 Å². The quantitative estimate of drug-likeness (QED) is 0.600. The van der Waals surface area contributed by atoms with Crippen molar-refractivity contribution in [1.29, 1.82) is 0 Å². The second-order valence-electron chi connectivity index (χ2n) is 8.01. The second kappa shape index (κ2) is 7.99. The molecule has 1 amide bonds. The van der Waals surface area contributed by atoms with Gasteiger partial charge < -0.3 is 10.3 Å². The zero-order valence-corrected chi connectivity index (χ0v) is 17.0. The second-order valence-corrected chi connectivity index (χ2v) is 8.01. The third-order valence-corrected chi connectivity index (χ3v) is 5.58. The molecule has 0 saturated heterocycles. The zero-order chi connectivity index (χ0) is 19.6. The van der Waals surface area contributed by atoms with Crippen molar-refractivity contribution in [2.75, 3.05) is 0 Å². The summed E-state index contributed by atoms with van der Waals surface area (Å²) in [6, 6.07) is 15.0. The highest BCUT2D eigenvalue weighted by Crippen LogP contribution is 2.35. The summed E-state index contributed by atoms with van der Waals surface area (Å²) in [5.74, 6) is 0.550. The van der Waals surface area contributed by atoms with Crippen molar-refractivity contribution >= 4 is 16.8 Å². The maximum Gasteiger partial charge on any atom is 0.221 e. The van der Waals surface area contributed by atoms with E-state index in [4.69, 9.17) is 0 Å². The molecule has 0 saturated carbocycles. The molecule has 2 atom stereocenters. The molecule has 0 spiro atoms. The first-order valence-electron chi connectivity index (χ1n) is 9.79. The number of benzene rings is 2. The third kappa shape index (κ3) is 4.24. The lowest BCUT2D eigenvalue weighted by atomic mass is 9.85. The number of H-pyrrole nitrogens is 1. The van der Waals surface area contributed by atoms with E-state index in [1.807, 2.05) is 6.07 Å². The van der Waals surface area contributed by atoms with Crippen LogP contribution in [-0.4, -0.2) is 16.9 Å². The van der Waals surface area contributed by atoms with Crippen LogP contribution in [0.3, 0.4) is 0 Å². The Balaban J connectivity index is 2.00.